The second-order valence-corrected chi connectivity index (χ2v) is 4.77. The number of hydrogen-bond donors (Lipinski definition) is 3. The Hall–Kier alpha value is -1.85. The van der Waals surface area contributed by atoms with Crippen LogP contribution in [0.1, 0.15) is 20.8 Å². The van der Waals surface area contributed by atoms with Gasteiger partial charge < -0.3 is 15.5 Å². The number of hydrogen-bond acceptors (Lipinski definition) is 4. The average Bonchev–Trinajstić information content (AvgIpc) is 2.80. The molecule has 94 valence electrons. The molecule has 2 aromatic rings. The van der Waals surface area contributed by atoms with E-state index in [0.29, 0.717) is 18.0 Å². The number of carboxylic acids is 1. The molecular formula is C13H13NO3S. The summed E-state index contributed by atoms with van der Waals surface area (Å²) in [6, 6.07) is 8.73. The molecule has 0 atom stereocenters. The first-order chi connectivity index (χ1) is 8.66. The predicted molar refractivity (Wildman–Crippen MR) is 69.9 cm³/mol. The van der Waals surface area contributed by atoms with Crippen LogP contribution in [0.15, 0.2) is 35.7 Å². The summed E-state index contributed by atoms with van der Waals surface area (Å²) in [5, 5.41) is 23.1. The van der Waals surface area contributed by atoms with E-state index in [-0.39, 0.29) is 5.75 Å². The van der Waals surface area contributed by atoms with Crippen molar-refractivity contribution in [2.45, 2.75) is 13.1 Å². The molecule has 0 radical (unpaired) electrons. The molecule has 0 saturated heterocycles. The first kappa shape index (κ1) is 12.6. The van der Waals surface area contributed by atoms with Crippen LogP contribution in [-0.4, -0.2) is 16.2 Å². The first-order valence-corrected chi connectivity index (χ1v) is 6.33. The number of carbonyl (C=O) groups is 1. The molecule has 0 unspecified atom stereocenters. The molecule has 0 fully saturated rings. The molecule has 1 aromatic heterocycles. The van der Waals surface area contributed by atoms with Crippen LogP contribution in [0, 0.1) is 0 Å². The van der Waals surface area contributed by atoms with Crippen molar-refractivity contribution in [3.63, 3.8) is 0 Å². The van der Waals surface area contributed by atoms with Crippen molar-refractivity contribution < 1.29 is 15.0 Å². The zero-order chi connectivity index (χ0) is 13.0. The van der Waals surface area contributed by atoms with Gasteiger partial charge in [0, 0.05) is 13.1 Å². The minimum absolute atomic E-state index is 0.241. The van der Waals surface area contributed by atoms with Crippen molar-refractivity contribution in [3.8, 4) is 5.75 Å². The van der Waals surface area contributed by atoms with Gasteiger partial charge in [0.2, 0.25) is 0 Å². The van der Waals surface area contributed by atoms with Crippen molar-refractivity contribution in [2.75, 3.05) is 0 Å². The van der Waals surface area contributed by atoms with E-state index >= 15 is 0 Å². The normalized spacial score (nSPS) is 10.4. The molecule has 0 amide bonds. The highest BCUT2D eigenvalue weighted by Gasteiger charge is 2.10. The first-order valence-electron chi connectivity index (χ1n) is 5.45. The van der Waals surface area contributed by atoms with Gasteiger partial charge in [0.05, 0.1) is 0 Å². The largest absolute Gasteiger partial charge is 0.508 e. The van der Waals surface area contributed by atoms with Gasteiger partial charge in [-0.3, -0.25) is 0 Å². The molecule has 5 heteroatoms. The van der Waals surface area contributed by atoms with E-state index in [4.69, 9.17) is 10.2 Å². The third-order valence-electron chi connectivity index (χ3n) is 2.52. The molecule has 18 heavy (non-hydrogen) atoms. The highest BCUT2D eigenvalue weighted by Crippen LogP contribution is 2.16. The maximum absolute atomic E-state index is 10.9. The SMILES string of the molecule is O=C(O)c1sccc1CNCc1ccc(O)cc1. The van der Waals surface area contributed by atoms with Crippen molar-refractivity contribution in [3.05, 3.63) is 51.7 Å². The van der Waals surface area contributed by atoms with Gasteiger partial charge in [-0.15, -0.1) is 11.3 Å². The number of thiophene rings is 1. The fourth-order valence-electron chi connectivity index (χ4n) is 1.62. The highest BCUT2D eigenvalue weighted by atomic mass is 32.1. The van der Waals surface area contributed by atoms with E-state index < -0.39 is 5.97 Å². The minimum atomic E-state index is -0.883. The summed E-state index contributed by atoms with van der Waals surface area (Å²) in [4.78, 5) is 11.3. The molecule has 1 heterocycles. The zero-order valence-corrected chi connectivity index (χ0v) is 10.4. The van der Waals surface area contributed by atoms with Crippen molar-refractivity contribution in [2.24, 2.45) is 0 Å². The van der Waals surface area contributed by atoms with Crippen LogP contribution in [0.5, 0.6) is 5.75 Å². The number of benzene rings is 1. The Morgan fingerprint density at radius 1 is 1.17 bits per heavy atom. The zero-order valence-electron chi connectivity index (χ0n) is 9.59. The fourth-order valence-corrected chi connectivity index (χ4v) is 2.38. The number of aromatic hydroxyl groups is 1. The van der Waals surface area contributed by atoms with Crippen molar-refractivity contribution >= 4 is 17.3 Å². The summed E-state index contributed by atoms with van der Waals surface area (Å²) in [5.74, 6) is -0.642. The second kappa shape index (κ2) is 5.66. The summed E-state index contributed by atoms with van der Waals surface area (Å²) >= 11 is 1.23. The van der Waals surface area contributed by atoms with Crippen LogP contribution in [0.4, 0.5) is 0 Å². The van der Waals surface area contributed by atoms with Crippen molar-refractivity contribution in [1.82, 2.24) is 5.32 Å². The average molecular weight is 263 g/mol. The lowest BCUT2D eigenvalue weighted by molar-refractivity contribution is 0.0701. The minimum Gasteiger partial charge on any atom is -0.508 e. The number of carboxylic acid groups (broad SMARTS) is 1. The van der Waals surface area contributed by atoms with Gasteiger partial charge in [-0.1, -0.05) is 12.1 Å². The Morgan fingerprint density at radius 3 is 2.56 bits per heavy atom. The van der Waals surface area contributed by atoms with E-state index in [1.165, 1.54) is 11.3 Å². The molecular weight excluding hydrogens is 250 g/mol. The lowest BCUT2D eigenvalue weighted by Gasteiger charge is -2.05. The van der Waals surface area contributed by atoms with Gasteiger partial charge in [0.1, 0.15) is 10.6 Å². The molecule has 4 nitrogen and oxygen atoms in total. The van der Waals surface area contributed by atoms with Gasteiger partial charge in [-0.05, 0) is 34.7 Å². The Labute approximate surface area is 109 Å². The molecule has 0 spiro atoms. The second-order valence-electron chi connectivity index (χ2n) is 3.85. The summed E-state index contributed by atoms with van der Waals surface area (Å²) in [6.07, 6.45) is 0. The molecule has 0 bridgehead atoms. The van der Waals surface area contributed by atoms with Crippen LogP contribution in [0.3, 0.4) is 0 Å². The molecule has 3 N–H and O–H groups in total. The number of nitrogens with one attached hydrogen (secondary N) is 1. The lowest BCUT2D eigenvalue weighted by Crippen LogP contribution is -2.14. The van der Waals surface area contributed by atoms with Crippen LogP contribution in [-0.2, 0) is 13.1 Å². The molecule has 0 aliphatic carbocycles. The third kappa shape index (κ3) is 3.09. The van der Waals surface area contributed by atoms with E-state index in [9.17, 15) is 4.79 Å². The Kier molecular flexibility index (Phi) is 3.96. The van der Waals surface area contributed by atoms with Crippen LogP contribution in [0.25, 0.3) is 0 Å². The molecule has 1 aromatic carbocycles. The van der Waals surface area contributed by atoms with E-state index in [1.807, 2.05) is 18.2 Å². The summed E-state index contributed by atoms with van der Waals surface area (Å²) in [6.45, 7) is 1.15. The van der Waals surface area contributed by atoms with E-state index in [2.05, 4.69) is 5.32 Å². The number of aromatic carboxylic acids is 1. The Balaban J connectivity index is 1.90. The molecule has 0 aliphatic rings. The maximum atomic E-state index is 10.9. The maximum Gasteiger partial charge on any atom is 0.346 e. The van der Waals surface area contributed by atoms with Gasteiger partial charge in [0.15, 0.2) is 0 Å². The van der Waals surface area contributed by atoms with Crippen LogP contribution >= 0.6 is 11.3 Å². The predicted octanol–water partition coefficient (Wildman–Crippen LogP) is 2.44. The van der Waals surface area contributed by atoms with Gasteiger partial charge in [-0.25, -0.2) is 4.79 Å². The van der Waals surface area contributed by atoms with E-state index in [1.54, 1.807) is 17.5 Å². The smallest absolute Gasteiger partial charge is 0.346 e. The summed E-state index contributed by atoms with van der Waals surface area (Å²) in [5.41, 5.74) is 1.84. The van der Waals surface area contributed by atoms with Gasteiger partial charge in [-0.2, -0.15) is 0 Å². The van der Waals surface area contributed by atoms with Gasteiger partial charge >= 0.3 is 5.97 Å². The molecule has 0 saturated carbocycles. The van der Waals surface area contributed by atoms with Crippen LogP contribution < -0.4 is 5.32 Å². The highest BCUT2D eigenvalue weighted by molar-refractivity contribution is 7.12. The van der Waals surface area contributed by atoms with Gasteiger partial charge in [0.25, 0.3) is 0 Å². The topological polar surface area (TPSA) is 69.6 Å². The summed E-state index contributed by atoms with van der Waals surface area (Å²) < 4.78 is 0. The fraction of sp³-hybridized carbons (Fsp3) is 0.154. The Bertz CT molecular complexity index is 533. The summed E-state index contributed by atoms with van der Waals surface area (Å²) in [7, 11) is 0. The lowest BCUT2D eigenvalue weighted by atomic mass is 10.2. The number of phenols is 1. The van der Waals surface area contributed by atoms with Crippen molar-refractivity contribution in [1.29, 1.82) is 0 Å². The number of phenolic OH excluding ortho intramolecular Hbond substituents is 1. The van der Waals surface area contributed by atoms with E-state index in [0.717, 1.165) is 11.1 Å². The van der Waals surface area contributed by atoms with Crippen LogP contribution in [0.2, 0.25) is 0 Å². The standard InChI is InChI=1S/C13H13NO3S/c15-11-3-1-9(2-4-11)7-14-8-10-5-6-18-12(10)13(16)17/h1-6,14-15H,7-8H2,(H,16,17). The quantitative estimate of drug-likeness (QED) is 0.775. The molecule has 0 aliphatic heterocycles. The number of rotatable bonds is 5. The third-order valence-corrected chi connectivity index (χ3v) is 3.47. The monoisotopic (exact) mass is 263 g/mol. The Morgan fingerprint density at radius 2 is 1.89 bits per heavy atom. The molecule has 2 rings (SSSR count).